The summed E-state index contributed by atoms with van der Waals surface area (Å²) in [5, 5.41) is 0. The summed E-state index contributed by atoms with van der Waals surface area (Å²) >= 11 is 0. The van der Waals surface area contributed by atoms with Crippen molar-refractivity contribution in [2.45, 2.75) is 12.8 Å². The third-order valence-electron chi connectivity index (χ3n) is 3.63. The third-order valence-corrected chi connectivity index (χ3v) is 3.63. The van der Waals surface area contributed by atoms with E-state index in [1.807, 2.05) is 0 Å². The highest BCUT2D eigenvalue weighted by Crippen LogP contribution is 2.20. The van der Waals surface area contributed by atoms with Gasteiger partial charge in [0.15, 0.2) is 5.82 Å². The van der Waals surface area contributed by atoms with Gasteiger partial charge in [-0.05, 0) is 38.1 Å². The molecule has 1 fully saturated rings. The van der Waals surface area contributed by atoms with E-state index in [1.165, 1.54) is 4.90 Å². The van der Waals surface area contributed by atoms with Crippen molar-refractivity contribution >= 4 is 11.6 Å². The van der Waals surface area contributed by atoms with Gasteiger partial charge in [-0.1, -0.05) is 0 Å². The number of likely N-dealkylation sites (N-methyl/N-ethyl adjacent to an activating group) is 1. The number of amides is 1. The number of carbonyl (C=O) groups is 1. The fraction of sp³-hybridized carbons (Fsp3) is 0.500. The molecule has 6 heteroatoms. The number of hydrogen-bond donors (Lipinski definition) is 1. The Bertz CT molecular complexity index is 501. The molecule has 1 aromatic carbocycles. The van der Waals surface area contributed by atoms with Crippen LogP contribution in [0.1, 0.15) is 23.2 Å². The van der Waals surface area contributed by atoms with Crippen LogP contribution in [0.25, 0.3) is 0 Å². The summed E-state index contributed by atoms with van der Waals surface area (Å²) in [5.74, 6) is -2.54. The molecule has 0 saturated carbocycles. The molecule has 0 aromatic heterocycles. The molecule has 2 N–H and O–H groups in total. The van der Waals surface area contributed by atoms with Crippen molar-refractivity contribution in [1.29, 1.82) is 0 Å². The van der Waals surface area contributed by atoms with Gasteiger partial charge in [0.2, 0.25) is 0 Å². The lowest BCUT2D eigenvalue weighted by Gasteiger charge is -2.22. The van der Waals surface area contributed by atoms with Crippen molar-refractivity contribution in [1.82, 2.24) is 9.80 Å². The largest absolute Gasteiger partial charge is 0.396 e. The molecule has 0 unspecified atom stereocenters. The van der Waals surface area contributed by atoms with E-state index in [2.05, 4.69) is 4.90 Å². The van der Waals surface area contributed by atoms with E-state index in [9.17, 15) is 13.6 Å². The summed E-state index contributed by atoms with van der Waals surface area (Å²) < 4.78 is 27.4. The molecular formula is C14H19F2N3O. The summed E-state index contributed by atoms with van der Waals surface area (Å²) in [5.41, 5.74) is 4.59. The number of rotatable bonds is 4. The lowest BCUT2D eigenvalue weighted by atomic mass is 10.1. The number of likely N-dealkylation sites (tertiary alicyclic amines) is 1. The van der Waals surface area contributed by atoms with Crippen LogP contribution >= 0.6 is 0 Å². The summed E-state index contributed by atoms with van der Waals surface area (Å²) in [4.78, 5) is 15.7. The van der Waals surface area contributed by atoms with Crippen molar-refractivity contribution in [3.8, 4) is 0 Å². The van der Waals surface area contributed by atoms with Crippen molar-refractivity contribution in [2.24, 2.45) is 0 Å². The molecule has 1 aliphatic rings. The molecule has 4 nitrogen and oxygen atoms in total. The van der Waals surface area contributed by atoms with E-state index in [4.69, 9.17) is 5.73 Å². The second-order valence-electron chi connectivity index (χ2n) is 5.10. The summed E-state index contributed by atoms with van der Waals surface area (Å²) in [6.45, 7) is 3.19. The Hall–Kier alpha value is -1.69. The maximum Gasteiger partial charge on any atom is 0.259 e. The Morgan fingerprint density at radius 2 is 2.00 bits per heavy atom. The molecule has 1 aromatic rings. The van der Waals surface area contributed by atoms with Gasteiger partial charge < -0.3 is 15.5 Å². The van der Waals surface area contributed by atoms with Crippen molar-refractivity contribution in [3.05, 3.63) is 29.3 Å². The topological polar surface area (TPSA) is 49.6 Å². The van der Waals surface area contributed by atoms with Crippen LogP contribution in [-0.2, 0) is 0 Å². The average Bonchev–Trinajstić information content (AvgIpc) is 2.93. The zero-order chi connectivity index (χ0) is 14.7. The van der Waals surface area contributed by atoms with Crippen LogP contribution in [0.15, 0.2) is 12.1 Å². The number of halogens is 2. The van der Waals surface area contributed by atoms with E-state index in [0.717, 1.165) is 38.1 Å². The number of anilines is 1. The van der Waals surface area contributed by atoms with Gasteiger partial charge in [-0.15, -0.1) is 0 Å². The maximum absolute atomic E-state index is 13.8. The van der Waals surface area contributed by atoms with E-state index < -0.39 is 23.1 Å². The molecule has 0 radical (unpaired) electrons. The Morgan fingerprint density at radius 3 is 2.65 bits per heavy atom. The van der Waals surface area contributed by atoms with Gasteiger partial charge in [0.1, 0.15) is 11.4 Å². The van der Waals surface area contributed by atoms with Gasteiger partial charge in [-0.2, -0.15) is 0 Å². The smallest absolute Gasteiger partial charge is 0.259 e. The third kappa shape index (κ3) is 3.07. The van der Waals surface area contributed by atoms with E-state index >= 15 is 0 Å². The number of nitrogens with two attached hydrogens (primary N) is 1. The van der Waals surface area contributed by atoms with Crippen LogP contribution < -0.4 is 5.73 Å². The van der Waals surface area contributed by atoms with Crippen molar-refractivity contribution < 1.29 is 13.6 Å². The first-order valence-electron chi connectivity index (χ1n) is 6.72. The minimum Gasteiger partial charge on any atom is -0.396 e. The summed E-state index contributed by atoms with van der Waals surface area (Å²) in [7, 11) is 1.54. The Morgan fingerprint density at radius 1 is 1.35 bits per heavy atom. The number of hydrogen-bond acceptors (Lipinski definition) is 3. The van der Waals surface area contributed by atoms with E-state index in [0.29, 0.717) is 13.1 Å². The molecule has 1 heterocycles. The fourth-order valence-electron chi connectivity index (χ4n) is 2.35. The first-order chi connectivity index (χ1) is 9.50. The minimum atomic E-state index is -0.983. The molecule has 1 aliphatic heterocycles. The van der Waals surface area contributed by atoms with Crippen LogP contribution in [0.3, 0.4) is 0 Å². The van der Waals surface area contributed by atoms with Crippen LogP contribution in [0.2, 0.25) is 0 Å². The molecule has 20 heavy (non-hydrogen) atoms. The molecule has 0 aliphatic carbocycles. The number of nitrogens with zero attached hydrogens (tertiary/aromatic N) is 2. The first kappa shape index (κ1) is 14.7. The number of carbonyl (C=O) groups excluding carboxylic acids is 1. The van der Waals surface area contributed by atoms with Gasteiger partial charge in [0.25, 0.3) is 5.91 Å². The maximum atomic E-state index is 13.8. The molecule has 1 saturated heterocycles. The van der Waals surface area contributed by atoms with Crippen molar-refractivity contribution in [3.63, 3.8) is 0 Å². The van der Waals surface area contributed by atoms with Crippen LogP contribution in [-0.4, -0.2) is 48.9 Å². The Balaban J connectivity index is 2.04. The highest BCUT2D eigenvalue weighted by molar-refractivity contribution is 5.95. The Labute approximate surface area is 117 Å². The van der Waals surface area contributed by atoms with Crippen LogP contribution in [0, 0.1) is 11.6 Å². The number of benzene rings is 1. The molecule has 1 amide bonds. The molecule has 0 spiro atoms. The molecule has 2 rings (SSSR count). The molecule has 0 bridgehead atoms. The summed E-state index contributed by atoms with van der Waals surface area (Å²) in [6.07, 6.45) is 2.33. The number of nitrogen functional groups attached to an aromatic ring is 1. The van der Waals surface area contributed by atoms with Crippen molar-refractivity contribution in [2.75, 3.05) is 39.0 Å². The second kappa shape index (κ2) is 6.17. The quantitative estimate of drug-likeness (QED) is 0.856. The van der Waals surface area contributed by atoms with Gasteiger partial charge in [0.05, 0.1) is 5.69 Å². The van der Waals surface area contributed by atoms with Gasteiger partial charge in [0, 0.05) is 20.1 Å². The van der Waals surface area contributed by atoms with Gasteiger partial charge in [-0.3, -0.25) is 4.79 Å². The summed E-state index contributed by atoms with van der Waals surface area (Å²) in [6, 6.07) is 2.13. The molecular weight excluding hydrogens is 264 g/mol. The van der Waals surface area contributed by atoms with Crippen LogP contribution in [0.5, 0.6) is 0 Å². The fourth-order valence-corrected chi connectivity index (χ4v) is 2.35. The average molecular weight is 283 g/mol. The zero-order valence-corrected chi connectivity index (χ0v) is 11.5. The highest BCUT2D eigenvalue weighted by atomic mass is 19.1. The SMILES string of the molecule is CN(CCN1CCCC1)C(=O)c1c(F)ccc(N)c1F. The predicted octanol–water partition coefficient (Wildman–Crippen LogP) is 1.71. The molecule has 0 atom stereocenters. The lowest BCUT2D eigenvalue weighted by Crippen LogP contribution is -2.36. The minimum absolute atomic E-state index is 0.220. The normalized spacial score (nSPS) is 15.6. The van der Waals surface area contributed by atoms with E-state index in [1.54, 1.807) is 7.05 Å². The monoisotopic (exact) mass is 283 g/mol. The highest BCUT2D eigenvalue weighted by Gasteiger charge is 2.23. The predicted molar refractivity (Wildman–Crippen MR) is 73.4 cm³/mol. The Kier molecular flexibility index (Phi) is 4.54. The van der Waals surface area contributed by atoms with Crippen LogP contribution in [0.4, 0.5) is 14.5 Å². The van der Waals surface area contributed by atoms with Gasteiger partial charge >= 0.3 is 0 Å². The first-order valence-corrected chi connectivity index (χ1v) is 6.72. The standard InChI is InChI=1S/C14H19F2N3O/c1-18(8-9-19-6-2-3-7-19)14(20)12-10(15)4-5-11(17)13(12)16/h4-5H,2-3,6-9,17H2,1H3. The lowest BCUT2D eigenvalue weighted by molar-refractivity contribution is 0.0773. The van der Waals surface area contributed by atoms with E-state index in [-0.39, 0.29) is 5.69 Å². The zero-order valence-electron chi connectivity index (χ0n) is 11.5. The van der Waals surface area contributed by atoms with Gasteiger partial charge in [-0.25, -0.2) is 8.78 Å². The molecule has 110 valence electrons. The second-order valence-corrected chi connectivity index (χ2v) is 5.10.